The second-order valence-electron chi connectivity index (χ2n) is 22.2. The minimum Gasteiger partial charge on any atom is -0.444 e. The molecule has 0 bridgehead atoms. The molecule has 2 aliphatic carbocycles. The molecule has 11 rings (SSSR count). The van der Waals surface area contributed by atoms with Crippen LogP contribution in [-0.4, -0.2) is 103 Å². The lowest BCUT2D eigenvalue weighted by molar-refractivity contribution is 0.0210. The number of para-hydroxylation sites is 2. The van der Waals surface area contributed by atoms with Gasteiger partial charge in [-0.2, -0.15) is 4.98 Å². The van der Waals surface area contributed by atoms with Crippen molar-refractivity contribution in [2.45, 2.75) is 103 Å². The molecule has 19 nitrogen and oxygen atoms in total. The molecule has 3 fully saturated rings. The molecule has 6 aromatic rings. The number of carbonyl (C=O) groups is 5. The van der Waals surface area contributed by atoms with E-state index in [1.165, 1.54) is 18.4 Å². The van der Waals surface area contributed by atoms with E-state index in [0.29, 0.717) is 95.6 Å². The number of aromatic nitrogens is 4. The zero-order valence-corrected chi connectivity index (χ0v) is 47.4. The highest BCUT2D eigenvalue weighted by molar-refractivity contribution is 7.84. The van der Waals surface area contributed by atoms with Crippen LogP contribution >= 0.6 is 0 Å². The van der Waals surface area contributed by atoms with Crippen molar-refractivity contribution >= 4 is 69.7 Å². The number of fused-ring (bicyclic) bond motifs is 2. The van der Waals surface area contributed by atoms with Crippen LogP contribution in [0, 0.1) is 49.0 Å². The summed E-state index contributed by atoms with van der Waals surface area (Å²) >= 11 is 0. The quantitative estimate of drug-likeness (QED) is 0.0537. The first-order valence-electron chi connectivity index (χ1n) is 27.3. The van der Waals surface area contributed by atoms with Gasteiger partial charge in [0.25, 0.3) is 11.8 Å². The van der Waals surface area contributed by atoms with Crippen molar-refractivity contribution in [2.75, 3.05) is 47.6 Å². The van der Waals surface area contributed by atoms with E-state index in [0.717, 1.165) is 70.9 Å². The third-order valence-corrected chi connectivity index (χ3v) is 15.4. The first-order valence-corrected chi connectivity index (χ1v) is 28.9. The van der Waals surface area contributed by atoms with Gasteiger partial charge in [0.1, 0.15) is 40.2 Å². The molecule has 0 spiro atoms. The van der Waals surface area contributed by atoms with Crippen molar-refractivity contribution < 1.29 is 50.5 Å². The van der Waals surface area contributed by atoms with Crippen LogP contribution in [-0.2, 0) is 28.6 Å². The van der Waals surface area contributed by atoms with E-state index in [4.69, 9.17) is 9.72 Å². The number of nitrogens with one attached hydrogen (secondary N) is 5. The Morgan fingerprint density at radius 3 is 1.53 bits per heavy atom. The molecule has 1 atom stereocenters. The first-order chi connectivity index (χ1) is 39.6. The second kappa shape index (κ2) is 23.7. The van der Waals surface area contributed by atoms with E-state index in [1.807, 2.05) is 40.7 Å². The van der Waals surface area contributed by atoms with Crippen molar-refractivity contribution in [2.24, 2.45) is 11.8 Å². The van der Waals surface area contributed by atoms with Gasteiger partial charge in [-0.15, -0.1) is 0 Å². The van der Waals surface area contributed by atoms with Gasteiger partial charge in [-0.05, 0) is 145 Å². The summed E-state index contributed by atoms with van der Waals surface area (Å²) in [5.74, 6) is -3.07. The summed E-state index contributed by atoms with van der Waals surface area (Å²) in [5.41, 5.74) is 3.41. The number of benzene rings is 4. The van der Waals surface area contributed by atoms with Gasteiger partial charge < -0.3 is 36.2 Å². The van der Waals surface area contributed by atoms with E-state index in [1.54, 1.807) is 35.2 Å². The zero-order chi connectivity index (χ0) is 59.0. The van der Waals surface area contributed by atoms with Crippen molar-refractivity contribution in [1.29, 1.82) is 0 Å². The smallest absolute Gasteiger partial charge is 0.410 e. The third-order valence-electron chi connectivity index (χ3n) is 14.7. The summed E-state index contributed by atoms with van der Waals surface area (Å²) in [6.07, 6.45) is 6.54. The van der Waals surface area contributed by atoms with Gasteiger partial charge >= 0.3 is 18.2 Å². The molecule has 2 aromatic heterocycles. The molecule has 0 radical (unpaired) electrons. The van der Waals surface area contributed by atoms with Crippen LogP contribution in [0.15, 0.2) is 78.0 Å². The lowest BCUT2D eigenvalue weighted by Gasteiger charge is -2.34. The zero-order valence-electron chi connectivity index (χ0n) is 46.6. The Morgan fingerprint density at radius 1 is 0.651 bits per heavy atom. The average Bonchev–Trinajstić information content (AvgIpc) is 3.96. The normalized spacial score (nSPS) is 16.3. The van der Waals surface area contributed by atoms with Crippen molar-refractivity contribution in [3.8, 4) is 22.5 Å². The number of hydrogen-bond donors (Lipinski definition) is 5. The lowest BCUT2D eigenvalue weighted by Crippen LogP contribution is -2.45. The van der Waals surface area contributed by atoms with Crippen LogP contribution < -0.4 is 36.4 Å². The maximum absolute atomic E-state index is 15.1. The number of carbonyl (C=O) groups excluding carboxylic acids is 5. The summed E-state index contributed by atoms with van der Waals surface area (Å²) in [6.45, 7) is 11.2. The van der Waals surface area contributed by atoms with Gasteiger partial charge in [-0.3, -0.25) is 13.8 Å². The number of anilines is 5. The molecule has 5 heterocycles. The summed E-state index contributed by atoms with van der Waals surface area (Å²) in [4.78, 5) is 86.1. The van der Waals surface area contributed by atoms with Crippen LogP contribution in [0.5, 0.6) is 0 Å². The minimum atomic E-state index is -1.67. The molecule has 7 amide bonds. The molecule has 3 aliphatic heterocycles. The third kappa shape index (κ3) is 12.9. The highest BCUT2D eigenvalue weighted by Crippen LogP contribution is 2.42. The largest absolute Gasteiger partial charge is 0.444 e. The van der Waals surface area contributed by atoms with Crippen LogP contribution in [0.1, 0.15) is 102 Å². The molecule has 5 N–H and O–H groups in total. The maximum Gasteiger partial charge on any atom is 0.410 e. The van der Waals surface area contributed by atoms with Crippen LogP contribution in [0.3, 0.4) is 0 Å². The van der Waals surface area contributed by atoms with Crippen LogP contribution in [0.25, 0.3) is 22.5 Å². The van der Waals surface area contributed by atoms with Gasteiger partial charge in [0.2, 0.25) is 11.1 Å². The maximum atomic E-state index is 15.1. The van der Waals surface area contributed by atoms with Gasteiger partial charge in [0, 0.05) is 71.9 Å². The number of likely N-dealkylation sites (tertiary alicyclic amines) is 1. The predicted octanol–water partition coefficient (Wildman–Crippen LogP) is 10.0. The van der Waals surface area contributed by atoms with Gasteiger partial charge in [-0.25, -0.2) is 56.7 Å². The fourth-order valence-electron chi connectivity index (χ4n) is 9.83. The molecule has 1 saturated heterocycles. The molecular weight excluding hydrogens is 1100 g/mol. The fourth-order valence-corrected chi connectivity index (χ4v) is 10.3. The topological polar surface area (TPSA) is 233 Å². The average molecular weight is 1160 g/mol. The highest BCUT2D eigenvalue weighted by atomic mass is 32.2. The van der Waals surface area contributed by atoms with Gasteiger partial charge in [-0.1, -0.05) is 24.3 Å². The predicted molar refractivity (Wildman–Crippen MR) is 303 cm³/mol. The van der Waals surface area contributed by atoms with Crippen molar-refractivity contribution in [1.82, 2.24) is 46.1 Å². The molecule has 24 heteroatoms. The van der Waals surface area contributed by atoms with Gasteiger partial charge in [0.15, 0.2) is 11.6 Å². The Morgan fingerprint density at radius 2 is 1.10 bits per heavy atom. The summed E-state index contributed by atoms with van der Waals surface area (Å²) in [5, 5.41) is 14.5. The van der Waals surface area contributed by atoms with E-state index >= 15 is 8.78 Å². The molecular formula is C59H62F4N12O7S. The molecule has 5 aliphatic rings. The van der Waals surface area contributed by atoms with Gasteiger partial charge in [0.05, 0.1) is 35.3 Å². The second-order valence-corrected chi connectivity index (χ2v) is 23.5. The van der Waals surface area contributed by atoms with E-state index in [9.17, 15) is 37.0 Å². The summed E-state index contributed by atoms with van der Waals surface area (Å²) in [6, 6.07) is 15.4. The van der Waals surface area contributed by atoms with Crippen LogP contribution in [0.2, 0.25) is 0 Å². The fraction of sp³-hybridized carbons (Fsp3) is 0.373. The minimum absolute atomic E-state index is 0.00216. The number of hydrogen-bond acceptors (Lipinski definition) is 12. The summed E-state index contributed by atoms with van der Waals surface area (Å²) < 4.78 is 77.7. The Labute approximate surface area is 478 Å². The first kappa shape index (κ1) is 57.7. The number of piperidine rings is 1. The monoisotopic (exact) mass is 1160 g/mol. The molecule has 83 heavy (non-hydrogen) atoms. The molecule has 1 unspecified atom stereocenters. The summed E-state index contributed by atoms with van der Waals surface area (Å²) in [7, 11) is -1.67. The van der Waals surface area contributed by atoms with E-state index in [-0.39, 0.29) is 59.8 Å². The number of halogens is 4. The lowest BCUT2D eigenvalue weighted by atomic mass is 9.97. The number of ether oxygens (including phenoxy) is 1. The van der Waals surface area contributed by atoms with Crippen LogP contribution in [0.4, 0.5) is 60.9 Å². The molecule has 4 aromatic carbocycles. The number of nitrogens with zero attached hydrogens (tertiary/aromatic N) is 7. The number of rotatable bonds is 13. The SMILES string of the molecule is Cc1ccc(C(=O)NCC2CC2)cc1-c1nc(NC2CCN(C(=O)OC(C)(C)C)CC2)nc2c1CNC(=O)N2c1c(F)cccc1F.Cc1ccc(C(=O)NCC2CC2)cc1-c1nc(S(C)=O)nc2c1CNC(=O)N2c1c(F)cccc1F. The highest BCUT2D eigenvalue weighted by Gasteiger charge is 2.38. The Bertz CT molecular complexity index is 3570. The molecule has 434 valence electrons. The molecule has 2 saturated carbocycles. The van der Waals surface area contributed by atoms with Crippen molar-refractivity contribution in [3.63, 3.8) is 0 Å². The number of amides is 7. The standard InChI is InChI=1S/C34H39F2N7O4.C25H23F2N5O3S/c1-19-8-11-21(30(44)37-17-20-9-10-20)16-23(19)27-24-18-38-32(45)43(28-25(35)6-5-7-26(28)36)29(24)41-31(40-27)39-22-12-14-42(15-13-22)33(46)47-34(2,3)4;1-13-6-9-15(23(33)28-11-14-7-8-14)10-16(13)20-17-12-29-25(34)32(21-18(26)4-3-5-19(21)27)22(17)31-24(30-20)36(2)35/h5-8,11,16,20,22H,9-10,12-15,17-18H2,1-4H3,(H,37,44)(H,38,45)(H,39,40,41);3-6,9-10,14H,7-8,11-12H2,1-2H3,(H,28,33)(H,29,34). The number of urea groups is 2. The Kier molecular flexibility index (Phi) is 16.5. The Balaban J connectivity index is 0.000000192. The number of aryl methyl sites for hydroxylation is 2. The van der Waals surface area contributed by atoms with Crippen molar-refractivity contribution in [3.05, 3.63) is 129 Å². The van der Waals surface area contributed by atoms with E-state index in [2.05, 4.69) is 41.5 Å². The van der Waals surface area contributed by atoms with E-state index < -0.39 is 63.1 Å². The Hall–Kier alpha value is -8.54.